The number of nitrogens with one attached hydrogen (secondary N) is 1. The van der Waals surface area contributed by atoms with Crippen LogP contribution in [0, 0.1) is 11.8 Å². The maximum Gasteiger partial charge on any atom is 0.324 e. The van der Waals surface area contributed by atoms with Crippen LogP contribution in [0.1, 0.15) is 19.3 Å². The average Bonchev–Trinajstić information content (AvgIpc) is 2.95. The van der Waals surface area contributed by atoms with E-state index in [0.717, 1.165) is 12.3 Å². The number of carbonyl (C=O) groups is 2. The quantitative estimate of drug-likeness (QED) is 0.623. The van der Waals surface area contributed by atoms with Crippen molar-refractivity contribution in [2.75, 3.05) is 6.54 Å². The molecule has 2 atom stereocenters. The van der Waals surface area contributed by atoms with E-state index in [1.54, 1.807) is 0 Å². The summed E-state index contributed by atoms with van der Waals surface area (Å²) in [6, 6.07) is 0.0562. The lowest BCUT2D eigenvalue weighted by atomic mass is 10.2. The van der Waals surface area contributed by atoms with Crippen molar-refractivity contribution in [3.05, 3.63) is 0 Å². The number of rotatable bonds is 2. The van der Waals surface area contributed by atoms with Gasteiger partial charge in [-0.05, 0) is 31.1 Å². The molecule has 3 fully saturated rings. The van der Waals surface area contributed by atoms with E-state index >= 15 is 0 Å². The minimum absolute atomic E-state index is 0.0434. The van der Waals surface area contributed by atoms with Crippen molar-refractivity contribution >= 4 is 11.9 Å². The van der Waals surface area contributed by atoms with Crippen LogP contribution >= 0.6 is 0 Å². The van der Waals surface area contributed by atoms with Crippen molar-refractivity contribution in [2.45, 2.75) is 25.3 Å². The SMILES string of the molecule is O=C1CNC(=O)N1[C@@H]1C[C@H]1C1CC1. The van der Waals surface area contributed by atoms with Crippen LogP contribution in [0.25, 0.3) is 0 Å². The monoisotopic (exact) mass is 180 g/mol. The van der Waals surface area contributed by atoms with E-state index in [2.05, 4.69) is 5.32 Å². The van der Waals surface area contributed by atoms with Gasteiger partial charge in [-0.2, -0.15) is 0 Å². The Labute approximate surface area is 76.3 Å². The van der Waals surface area contributed by atoms with Crippen LogP contribution in [0.4, 0.5) is 4.79 Å². The summed E-state index contributed by atoms with van der Waals surface area (Å²) < 4.78 is 0. The van der Waals surface area contributed by atoms with Crippen LogP contribution in [0.5, 0.6) is 0 Å². The summed E-state index contributed by atoms with van der Waals surface area (Å²) in [5, 5.41) is 2.56. The highest BCUT2D eigenvalue weighted by Gasteiger charge is 2.54. The fourth-order valence-electron chi connectivity index (χ4n) is 2.30. The van der Waals surface area contributed by atoms with Gasteiger partial charge in [0, 0.05) is 6.04 Å². The highest BCUT2D eigenvalue weighted by atomic mass is 16.2. The Hall–Kier alpha value is -1.06. The van der Waals surface area contributed by atoms with Crippen LogP contribution in [0.15, 0.2) is 0 Å². The van der Waals surface area contributed by atoms with E-state index in [1.807, 2.05) is 0 Å². The smallest absolute Gasteiger partial charge is 0.324 e. The predicted octanol–water partition coefficient (Wildman–Crippen LogP) is 0.337. The van der Waals surface area contributed by atoms with E-state index in [0.29, 0.717) is 5.92 Å². The third-order valence-electron chi connectivity index (χ3n) is 3.24. The Kier molecular flexibility index (Phi) is 1.27. The van der Waals surface area contributed by atoms with Crippen molar-refractivity contribution in [1.29, 1.82) is 0 Å². The van der Waals surface area contributed by atoms with Gasteiger partial charge in [0.1, 0.15) is 0 Å². The first kappa shape index (κ1) is 7.35. The molecule has 2 saturated carbocycles. The first-order valence-electron chi connectivity index (χ1n) is 4.87. The molecule has 2 aliphatic carbocycles. The van der Waals surface area contributed by atoms with Gasteiger partial charge in [0.25, 0.3) is 0 Å². The van der Waals surface area contributed by atoms with Crippen LogP contribution in [-0.2, 0) is 4.79 Å². The molecule has 0 unspecified atom stereocenters. The zero-order valence-corrected chi connectivity index (χ0v) is 7.32. The van der Waals surface area contributed by atoms with Crippen LogP contribution < -0.4 is 5.32 Å². The highest BCUT2D eigenvalue weighted by Crippen LogP contribution is 2.52. The number of carbonyl (C=O) groups excluding carboxylic acids is 2. The van der Waals surface area contributed by atoms with Crippen molar-refractivity contribution < 1.29 is 9.59 Å². The second-order valence-corrected chi connectivity index (χ2v) is 4.23. The normalized spacial score (nSPS) is 38.0. The average molecular weight is 180 g/mol. The van der Waals surface area contributed by atoms with Gasteiger partial charge < -0.3 is 5.32 Å². The molecular weight excluding hydrogens is 168 g/mol. The predicted molar refractivity (Wildman–Crippen MR) is 44.9 cm³/mol. The topological polar surface area (TPSA) is 49.4 Å². The number of urea groups is 1. The van der Waals surface area contributed by atoms with Gasteiger partial charge in [-0.3, -0.25) is 9.69 Å². The van der Waals surface area contributed by atoms with Crippen molar-refractivity contribution in [3.8, 4) is 0 Å². The Morgan fingerprint density at radius 2 is 2.08 bits per heavy atom. The second-order valence-electron chi connectivity index (χ2n) is 4.23. The molecule has 1 saturated heterocycles. The number of amides is 3. The zero-order chi connectivity index (χ0) is 9.00. The molecule has 3 aliphatic rings. The van der Waals surface area contributed by atoms with Crippen LogP contribution in [-0.4, -0.2) is 29.4 Å². The Bertz CT molecular complexity index is 269. The number of imide groups is 1. The molecule has 4 nitrogen and oxygen atoms in total. The summed E-state index contributed by atoms with van der Waals surface area (Å²) in [7, 11) is 0. The molecule has 3 rings (SSSR count). The minimum Gasteiger partial charge on any atom is -0.329 e. The van der Waals surface area contributed by atoms with Crippen molar-refractivity contribution in [3.63, 3.8) is 0 Å². The molecular formula is C9H12N2O2. The van der Waals surface area contributed by atoms with Crippen LogP contribution in [0.2, 0.25) is 0 Å². The lowest BCUT2D eigenvalue weighted by Gasteiger charge is -2.11. The summed E-state index contributed by atoms with van der Waals surface area (Å²) in [4.78, 5) is 24.0. The first-order chi connectivity index (χ1) is 6.27. The molecule has 0 aromatic heterocycles. The highest BCUT2D eigenvalue weighted by molar-refractivity contribution is 6.02. The molecule has 1 N–H and O–H groups in total. The van der Waals surface area contributed by atoms with E-state index in [9.17, 15) is 9.59 Å². The molecule has 3 amide bonds. The van der Waals surface area contributed by atoms with Gasteiger partial charge >= 0.3 is 6.03 Å². The number of hydrogen-bond donors (Lipinski definition) is 1. The summed E-state index contributed by atoms with van der Waals surface area (Å²) in [5.74, 6) is 1.40. The molecule has 1 aliphatic heterocycles. The summed E-state index contributed by atoms with van der Waals surface area (Å²) in [6.45, 7) is 0.201. The summed E-state index contributed by atoms with van der Waals surface area (Å²) >= 11 is 0. The number of hydrogen-bond acceptors (Lipinski definition) is 2. The summed E-state index contributed by atoms with van der Waals surface area (Å²) in [6.07, 6.45) is 3.64. The van der Waals surface area contributed by atoms with Gasteiger partial charge in [0.15, 0.2) is 0 Å². The van der Waals surface area contributed by atoms with Gasteiger partial charge in [-0.1, -0.05) is 0 Å². The number of nitrogens with zero attached hydrogens (tertiary/aromatic N) is 1. The minimum atomic E-state index is -0.182. The Morgan fingerprint density at radius 1 is 1.31 bits per heavy atom. The fourth-order valence-corrected chi connectivity index (χ4v) is 2.30. The molecule has 0 radical (unpaired) electrons. The Morgan fingerprint density at radius 3 is 2.62 bits per heavy atom. The Balaban J connectivity index is 1.71. The van der Waals surface area contributed by atoms with Gasteiger partial charge in [0.05, 0.1) is 6.54 Å². The zero-order valence-electron chi connectivity index (χ0n) is 7.32. The van der Waals surface area contributed by atoms with E-state index in [1.165, 1.54) is 17.7 Å². The first-order valence-corrected chi connectivity index (χ1v) is 4.87. The lowest BCUT2D eigenvalue weighted by Crippen LogP contribution is -2.34. The van der Waals surface area contributed by atoms with Crippen molar-refractivity contribution in [2.24, 2.45) is 11.8 Å². The van der Waals surface area contributed by atoms with Gasteiger partial charge in [-0.15, -0.1) is 0 Å². The fraction of sp³-hybridized carbons (Fsp3) is 0.778. The summed E-state index contributed by atoms with van der Waals surface area (Å²) in [5.41, 5.74) is 0. The van der Waals surface area contributed by atoms with E-state index in [4.69, 9.17) is 0 Å². The molecule has 13 heavy (non-hydrogen) atoms. The largest absolute Gasteiger partial charge is 0.329 e. The molecule has 4 heteroatoms. The maximum absolute atomic E-state index is 11.3. The molecule has 0 aromatic carbocycles. The second kappa shape index (κ2) is 2.25. The maximum atomic E-state index is 11.3. The molecule has 70 valence electrons. The van der Waals surface area contributed by atoms with Gasteiger partial charge in [-0.25, -0.2) is 4.79 Å². The molecule has 0 bridgehead atoms. The van der Waals surface area contributed by atoms with Crippen molar-refractivity contribution in [1.82, 2.24) is 10.2 Å². The third kappa shape index (κ3) is 1.04. The standard InChI is InChI=1S/C9H12N2O2/c12-8-4-10-9(13)11(8)7-3-6(7)5-1-2-5/h5-7H,1-4H2,(H,10,13)/t6-,7+/m0/s1. The van der Waals surface area contributed by atoms with Gasteiger partial charge in [0.2, 0.25) is 5.91 Å². The van der Waals surface area contributed by atoms with E-state index in [-0.39, 0.29) is 24.5 Å². The lowest BCUT2D eigenvalue weighted by molar-refractivity contribution is -0.125. The van der Waals surface area contributed by atoms with E-state index < -0.39 is 0 Å². The third-order valence-corrected chi connectivity index (χ3v) is 3.24. The molecule has 0 spiro atoms. The molecule has 0 aromatic rings. The molecule has 1 heterocycles. The van der Waals surface area contributed by atoms with Crippen LogP contribution in [0.3, 0.4) is 0 Å².